The standard InChI is InChI=1S/C43H54N3O7S2/c44-43-35-24-55-54-23-30(22-48)42(52)40(19-29(32(35)11-14-46-43)17-31-5-3-13-45-31)53-39-21-34-27(18-37(39)50)10-9-26-16-28-8-7-25(12-15-47)4-1-2-6-36(49)41(28)38(51)20-33(26)34/h3,5,11,13-14,16,18,21,25,28-30,33,36,38,40-42,47-52H,1-2,4,6,9-10,12,15,17,19-20,22-24H2,(H2,44,46)/q-1/t25-,28-,29-,30-,33-,36-,38+,40-,41+,42+/m0/s1. The molecule has 12 heteroatoms. The Morgan fingerprint density at radius 3 is 2.64 bits per heavy atom. The number of aliphatic hydroxyl groups excluding tert-OH is 5. The fourth-order valence-electron chi connectivity index (χ4n) is 9.20. The molecular weight excluding hydrogens is 735 g/mol. The first-order valence-corrected chi connectivity index (χ1v) is 22.3. The number of ether oxygens (including phenoxy) is 1. The Kier molecular flexibility index (Phi) is 13.4. The molecule has 0 radical (unpaired) electrons. The van der Waals surface area contributed by atoms with Crippen LogP contribution in [0.4, 0.5) is 5.82 Å². The van der Waals surface area contributed by atoms with Crippen LogP contribution in [0.25, 0.3) is 0 Å². The summed E-state index contributed by atoms with van der Waals surface area (Å²) in [6.45, 7) is -0.152. The average molecular weight is 789 g/mol. The SMILES string of the molecule is Nc1nccc2c1CSSC[C@H](CO)[C@@H](O)[C@@H](Oc1cc3c(cc1O)CCC1=C[C@@H]4C#C[C@@H](CCO)CCCC[C@H](O)[C@@H]4[C@H](O)C[C@@H]13)C[C@@H]2Cc1ccc[n-]1. The van der Waals surface area contributed by atoms with Crippen molar-refractivity contribution in [3.8, 4) is 23.3 Å². The second kappa shape index (κ2) is 18.4. The van der Waals surface area contributed by atoms with E-state index in [0.717, 1.165) is 59.2 Å². The zero-order valence-corrected chi connectivity index (χ0v) is 32.8. The number of aryl methyl sites for hydroxylation is 1. The van der Waals surface area contributed by atoms with Crippen LogP contribution in [0.3, 0.4) is 0 Å². The van der Waals surface area contributed by atoms with Crippen molar-refractivity contribution in [3.05, 3.63) is 82.3 Å². The highest BCUT2D eigenvalue weighted by Gasteiger charge is 2.41. The summed E-state index contributed by atoms with van der Waals surface area (Å²) in [7, 11) is 3.18. The predicted octanol–water partition coefficient (Wildman–Crippen LogP) is 5.25. The van der Waals surface area contributed by atoms with Crippen molar-refractivity contribution in [2.24, 2.45) is 23.7 Å². The molecule has 1 aliphatic heterocycles. The summed E-state index contributed by atoms with van der Waals surface area (Å²) in [6.07, 6.45) is 8.88. The van der Waals surface area contributed by atoms with Gasteiger partial charge in [-0.1, -0.05) is 70.1 Å². The molecule has 2 aromatic heterocycles. The minimum Gasteiger partial charge on any atom is -0.668 e. The summed E-state index contributed by atoms with van der Waals surface area (Å²) in [5, 5.41) is 66.9. The van der Waals surface area contributed by atoms with Crippen LogP contribution in [0.1, 0.15) is 91.2 Å². The number of phenolic OH excluding ortho intramolecular Hbond substituents is 1. The maximum atomic E-state index is 12.0. The van der Waals surface area contributed by atoms with Gasteiger partial charge in [0.1, 0.15) is 11.9 Å². The molecule has 0 spiro atoms. The monoisotopic (exact) mass is 788 g/mol. The minimum absolute atomic E-state index is 0.0270. The average Bonchev–Trinajstić information content (AvgIpc) is 3.63. The molecule has 0 unspecified atom stereocenters. The van der Waals surface area contributed by atoms with E-state index in [2.05, 4.69) is 27.9 Å². The van der Waals surface area contributed by atoms with Gasteiger partial charge in [-0.3, -0.25) is 0 Å². The third-order valence-corrected chi connectivity index (χ3v) is 14.6. The van der Waals surface area contributed by atoms with E-state index in [1.54, 1.807) is 40.0 Å². The molecule has 296 valence electrons. The fourth-order valence-corrected chi connectivity index (χ4v) is 11.7. The summed E-state index contributed by atoms with van der Waals surface area (Å²) in [4.78, 5) is 8.95. The lowest BCUT2D eigenvalue weighted by molar-refractivity contribution is -0.0196. The van der Waals surface area contributed by atoms with Crippen molar-refractivity contribution < 1.29 is 35.4 Å². The van der Waals surface area contributed by atoms with Crippen LogP contribution in [0.5, 0.6) is 11.5 Å². The van der Waals surface area contributed by atoms with Gasteiger partial charge in [-0.15, -0.1) is 0 Å². The van der Waals surface area contributed by atoms with E-state index in [4.69, 9.17) is 10.5 Å². The molecule has 55 heavy (non-hydrogen) atoms. The van der Waals surface area contributed by atoms with E-state index < -0.39 is 36.3 Å². The number of nitrogens with zero attached hydrogens (tertiary/aromatic N) is 2. The number of fused-ring (bicyclic) bond motifs is 5. The van der Waals surface area contributed by atoms with Crippen molar-refractivity contribution in [1.82, 2.24) is 9.97 Å². The molecule has 4 aliphatic rings. The van der Waals surface area contributed by atoms with Crippen molar-refractivity contribution in [2.45, 2.75) is 106 Å². The highest BCUT2D eigenvalue weighted by Crippen LogP contribution is 2.48. The number of benzene rings is 1. The Morgan fingerprint density at radius 2 is 1.84 bits per heavy atom. The van der Waals surface area contributed by atoms with E-state index in [1.165, 1.54) is 0 Å². The Bertz CT molecular complexity index is 1850. The van der Waals surface area contributed by atoms with Crippen LogP contribution in [0, 0.1) is 35.5 Å². The highest BCUT2D eigenvalue weighted by molar-refractivity contribution is 8.76. The zero-order valence-electron chi connectivity index (χ0n) is 31.2. The molecule has 10 atom stereocenters. The summed E-state index contributed by atoms with van der Waals surface area (Å²) < 4.78 is 6.75. The molecule has 3 aliphatic carbocycles. The number of anilines is 1. The van der Waals surface area contributed by atoms with E-state index in [-0.39, 0.29) is 48.4 Å². The lowest BCUT2D eigenvalue weighted by Gasteiger charge is -2.34. The number of aromatic hydroxyl groups is 1. The second-order valence-electron chi connectivity index (χ2n) is 15.7. The number of rotatable bonds is 7. The van der Waals surface area contributed by atoms with Gasteiger partial charge in [-0.05, 0) is 92.2 Å². The number of nitrogens with two attached hydrogens (primary N) is 1. The van der Waals surface area contributed by atoms with Crippen LogP contribution < -0.4 is 15.5 Å². The van der Waals surface area contributed by atoms with Crippen LogP contribution in [-0.4, -0.2) is 79.0 Å². The third-order valence-electron chi connectivity index (χ3n) is 12.2. The molecule has 3 aromatic rings. The van der Waals surface area contributed by atoms with Crippen molar-refractivity contribution >= 4 is 27.4 Å². The Balaban J connectivity index is 1.24. The fraction of sp³-hybridized carbons (Fsp3) is 0.558. The Morgan fingerprint density at radius 1 is 0.982 bits per heavy atom. The molecule has 8 N–H and O–H groups in total. The number of hydrogen-bond acceptors (Lipinski definition) is 11. The van der Waals surface area contributed by atoms with Gasteiger partial charge in [0.25, 0.3) is 0 Å². The maximum absolute atomic E-state index is 12.0. The van der Waals surface area contributed by atoms with Gasteiger partial charge < -0.3 is 46.1 Å². The van der Waals surface area contributed by atoms with Gasteiger partial charge >= 0.3 is 0 Å². The van der Waals surface area contributed by atoms with Gasteiger partial charge in [-0.2, -0.15) is 11.9 Å². The lowest BCUT2D eigenvalue weighted by Crippen LogP contribution is -2.41. The van der Waals surface area contributed by atoms with E-state index in [0.29, 0.717) is 55.8 Å². The molecular formula is C43H54N3O7S2-. The van der Waals surface area contributed by atoms with Gasteiger partial charge in [0.05, 0.1) is 18.3 Å². The summed E-state index contributed by atoms with van der Waals surface area (Å²) in [6, 6.07) is 9.49. The molecule has 7 rings (SSSR count). The first-order valence-electron chi connectivity index (χ1n) is 19.8. The van der Waals surface area contributed by atoms with Gasteiger partial charge in [-0.25, -0.2) is 4.98 Å². The minimum atomic E-state index is -1.06. The molecule has 0 saturated carbocycles. The Labute approximate surface area is 331 Å². The second-order valence-corrected chi connectivity index (χ2v) is 18.2. The number of aliphatic hydroxyl groups is 5. The highest BCUT2D eigenvalue weighted by atomic mass is 33.1. The number of nitrogen functional groups attached to an aromatic ring is 1. The summed E-state index contributed by atoms with van der Waals surface area (Å²) in [5.41, 5.74) is 12.4. The van der Waals surface area contributed by atoms with E-state index in [1.807, 2.05) is 24.3 Å². The number of pyridine rings is 1. The number of hydrogen-bond donors (Lipinski definition) is 7. The number of aromatic nitrogens is 2. The first-order chi connectivity index (χ1) is 26.7. The largest absolute Gasteiger partial charge is 0.668 e. The number of allylic oxidation sites excluding steroid dienone is 2. The zero-order chi connectivity index (χ0) is 38.5. The van der Waals surface area contributed by atoms with Crippen LogP contribution in [0.15, 0.2) is 54.4 Å². The van der Waals surface area contributed by atoms with Crippen LogP contribution in [-0.2, 0) is 18.6 Å². The molecule has 0 fully saturated rings. The lowest BCUT2D eigenvalue weighted by atomic mass is 9.76. The molecule has 0 bridgehead atoms. The maximum Gasteiger partial charge on any atom is 0.161 e. The van der Waals surface area contributed by atoms with E-state index in [9.17, 15) is 30.6 Å². The smallest absolute Gasteiger partial charge is 0.161 e. The molecule has 0 amide bonds. The normalized spacial score (nSPS) is 31.4. The van der Waals surface area contributed by atoms with Gasteiger partial charge in [0.15, 0.2) is 11.5 Å². The Hall–Kier alpha value is -3.15. The third kappa shape index (κ3) is 9.20. The van der Waals surface area contributed by atoms with Crippen molar-refractivity contribution in [3.63, 3.8) is 0 Å². The van der Waals surface area contributed by atoms with Crippen LogP contribution in [0.2, 0.25) is 0 Å². The van der Waals surface area contributed by atoms with Crippen molar-refractivity contribution in [2.75, 3.05) is 24.7 Å². The summed E-state index contributed by atoms with van der Waals surface area (Å²) in [5.74, 6) is 7.11. The van der Waals surface area contributed by atoms with Crippen LogP contribution >= 0.6 is 21.6 Å². The molecule has 1 aromatic carbocycles. The molecule has 0 saturated heterocycles. The van der Waals surface area contributed by atoms with E-state index >= 15 is 0 Å². The van der Waals surface area contributed by atoms with Crippen molar-refractivity contribution in [1.29, 1.82) is 0 Å². The molecule has 3 heterocycles. The topological polar surface area (TPSA) is 184 Å². The summed E-state index contributed by atoms with van der Waals surface area (Å²) >= 11 is 0. The van der Waals surface area contributed by atoms with Gasteiger partial charge in [0.2, 0.25) is 0 Å². The number of phenols is 1. The first kappa shape index (κ1) is 40.1. The predicted molar refractivity (Wildman–Crippen MR) is 217 cm³/mol. The van der Waals surface area contributed by atoms with Gasteiger partial charge in [0, 0.05) is 66.1 Å². The molecule has 10 nitrogen and oxygen atoms in total. The quantitative estimate of drug-likeness (QED) is 0.0941.